The highest BCUT2D eigenvalue weighted by Crippen LogP contribution is 2.30. The van der Waals surface area contributed by atoms with Crippen LogP contribution in [-0.4, -0.2) is 11.0 Å². The van der Waals surface area contributed by atoms with Crippen molar-refractivity contribution in [3.05, 3.63) is 34.1 Å². The molecule has 5 heteroatoms. The molecule has 2 rings (SSSR count). The number of nitrogens with zero attached hydrogens (tertiary/aromatic N) is 1. The van der Waals surface area contributed by atoms with Crippen molar-refractivity contribution in [2.45, 2.75) is 51.5 Å². The van der Waals surface area contributed by atoms with Crippen LogP contribution in [0.3, 0.4) is 0 Å². The number of hydrogen-bond acceptors (Lipinski definition) is 3. The molecule has 1 aromatic rings. The second-order valence-corrected chi connectivity index (χ2v) is 5.51. The fraction of sp³-hybridized carbons (Fsp3) is 0.600. The number of rotatable bonds is 5. The van der Waals surface area contributed by atoms with Gasteiger partial charge in [-0.3, -0.25) is 10.1 Å². The Hall–Kier alpha value is -1.65. The molecule has 1 atom stereocenters. The van der Waals surface area contributed by atoms with Crippen molar-refractivity contribution in [2.24, 2.45) is 5.92 Å². The first-order valence-corrected chi connectivity index (χ1v) is 7.31. The van der Waals surface area contributed by atoms with Crippen molar-refractivity contribution in [2.75, 3.05) is 5.32 Å². The second-order valence-electron chi connectivity index (χ2n) is 5.51. The van der Waals surface area contributed by atoms with Gasteiger partial charge in [0.15, 0.2) is 0 Å². The van der Waals surface area contributed by atoms with E-state index < -0.39 is 10.7 Å². The minimum Gasteiger partial charge on any atom is -0.382 e. The first-order valence-electron chi connectivity index (χ1n) is 7.31. The van der Waals surface area contributed by atoms with E-state index in [4.69, 9.17) is 0 Å². The molecule has 0 aromatic heterocycles. The van der Waals surface area contributed by atoms with E-state index >= 15 is 0 Å². The van der Waals surface area contributed by atoms with Gasteiger partial charge in [0.2, 0.25) is 0 Å². The summed E-state index contributed by atoms with van der Waals surface area (Å²) in [5.74, 6) is 0.0104. The minimum atomic E-state index is -0.569. The molecule has 0 saturated heterocycles. The summed E-state index contributed by atoms with van der Waals surface area (Å²) in [7, 11) is 0. The standard InChI is InChI=1S/C15H21FN2O2/c1-2-15(11-6-4-3-5-7-11)17-13-8-12(16)9-14(10-13)18(19)20/h8-11,15,17H,2-7H2,1H3. The quantitative estimate of drug-likeness (QED) is 0.638. The number of nitro benzene ring substituents is 1. The average Bonchev–Trinajstić information content (AvgIpc) is 2.45. The van der Waals surface area contributed by atoms with E-state index in [2.05, 4.69) is 12.2 Å². The predicted octanol–water partition coefficient (Wildman–Crippen LogP) is 4.50. The molecule has 1 N–H and O–H groups in total. The van der Waals surface area contributed by atoms with Gasteiger partial charge in [0.05, 0.1) is 11.0 Å². The molecule has 0 bridgehead atoms. The summed E-state index contributed by atoms with van der Waals surface area (Å²) >= 11 is 0. The molecule has 1 aliphatic carbocycles. The largest absolute Gasteiger partial charge is 0.382 e. The Morgan fingerprint density at radius 2 is 2.05 bits per heavy atom. The third-order valence-corrected chi connectivity index (χ3v) is 4.10. The number of nitrogens with one attached hydrogen (secondary N) is 1. The minimum absolute atomic E-state index is 0.203. The lowest BCUT2D eigenvalue weighted by molar-refractivity contribution is -0.385. The second kappa shape index (κ2) is 6.68. The van der Waals surface area contributed by atoms with Crippen LogP contribution in [0.25, 0.3) is 0 Å². The van der Waals surface area contributed by atoms with Gasteiger partial charge in [0.25, 0.3) is 5.69 Å². The zero-order chi connectivity index (χ0) is 14.5. The summed E-state index contributed by atoms with van der Waals surface area (Å²) < 4.78 is 13.4. The molecule has 1 aliphatic rings. The van der Waals surface area contributed by atoms with Gasteiger partial charge in [-0.25, -0.2) is 4.39 Å². The fourth-order valence-corrected chi connectivity index (χ4v) is 3.07. The molecule has 110 valence electrons. The van der Waals surface area contributed by atoms with E-state index in [9.17, 15) is 14.5 Å². The molecule has 1 unspecified atom stereocenters. The van der Waals surface area contributed by atoms with Crippen LogP contribution in [-0.2, 0) is 0 Å². The highest BCUT2D eigenvalue weighted by Gasteiger charge is 2.22. The summed E-state index contributed by atoms with van der Waals surface area (Å²) in [6.45, 7) is 2.10. The molecule has 0 spiro atoms. The van der Waals surface area contributed by atoms with E-state index in [1.807, 2.05) is 0 Å². The summed E-state index contributed by atoms with van der Waals surface area (Å²) in [5, 5.41) is 14.1. The third kappa shape index (κ3) is 3.68. The highest BCUT2D eigenvalue weighted by molar-refractivity contribution is 5.52. The number of anilines is 1. The first-order chi connectivity index (χ1) is 9.60. The lowest BCUT2D eigenvalue weighted by Gasteiger charge is -2.31. The zero-order valence-corrected chi connectivity index (χ0v) is 11.8. The number of non-ortho nitro benzene ring substituents is 1. The van der Waals surface area contributed by atoms with Gasteiger partial charge in [-0.15, -0.1) is 0 Å². The van der Waals surface area contributed by atoms with E-state index in [0.717, 1.165) is 12.5 Å². The Labute approximate surface area is 118 Å². The van der Waals surface area contributed by atoms with Crippen molar-refractivity contribution < 1.29 is 9.31 Å². The van der Waals surface area contributed by atoms with Crippen LogP contribution in [0.1, 0.15) is 45.4 Å². The third-order valence-electron chi connectivity index (χ3n) is 4.10. The van der Waals surface area contributed by atoms with Crippen LogP contribution < -0.4 is 5.32 Å². The Kier molecular flexibility index (Phi) is 4.93. The maximum Gasteiger partial charge on any atom is 0.274 e. The van der Waals surface area contributed by atoms with E-state index in [1.165, 1.54) is 44.2 Å². The van der Waals surface area contributed by atoms with E-state index in [1.54, 1.807) is 0 Å². The maximum atomic E-state index is 13.4. The smallest absolute Gasteiger partial charge is 0.274 e. The van der Waals surface area contributed by atoms with Crippen LogP contribution in [0.15, 0.2) is 18.2 Å². The Bertz CT molecular complexity index is 473. The normalized spacial score (nSPS) is 17.7. The summed E-state index contributed by atoms with van der Waals surface area (Å²) in [4.78, 5) is 10.2. The Balaban J connectivity index is 2.12. The van der Waals surface area contributed by atoms with Gasteiger partial charge in [-0.1, -0.05) is 26.2 Å². The predicted molar refractivity (Wildman–Crippen MR) is 77.3 cm³/mol. The van der Waals surface area contributed by atoms with Crippen LogP contribution >= 0.6 is 0 Å². The SMILES string of the molecule is CCC(Nc1cc(F)cc([N+](=O)[O-])c1)C1CCCCC1. The van der Waals surface area contributed by atoms with Gasteiger partial charge in [-0.2, -0.15) is 0 Å². The number of benzene rings is 1. The number of nitro groups is 1. The molecule has 0 amide bonds. The topological polar surface area (TPSA) is 55.2 Å². The average molecular weight is 280 g/mol. The maximum absolute atomic E-state index is 13.4. The summed E-state index contributed by atoms with van der Waals surface area (Å²) in [5.41, 5.74) is 0.306. The molecule has 20 heavy (non-hydrogen) atoms. The van der Waals surface area contributed by atoms with Crippen LogP contribution in [0.5, 0.6) is 0 Å². The van der Waals surface area contributed by atoms with Gasteiger partial charge >= 0.3 is 0 Å². The molecule has 0 heterocycles. The molecule has 0 radical (unpaired) electrons. The zero-order valence-electron chi connectivity index (χ0n) is 11.8. The monoisotopic (exact) mass is 280 g/mol. The molecule has 1 saturated carbocycles. The van der Waals surface area contributed by atoms with Crippen LogP contribution in [0.4, 0.5) is 15.8 Å². The number of hydrogen-bond donors (Lipinski definition) is 1. The lowest BCUT2D eigenvalue weighted by atomic mass is 9.83. The molecule has 0 aliphatic heterocycles. The van der Waals surface area contributed by atoms with Gasteiger partial charge in [0.1, 0.15) is 5.82 Å². The summed E-state index contributed by atoms with van der Waals surface area (Å²) in [6.07, 6.45) is 7.08. The molecule has 4 nitrogen and oxygen atoms in total. The number of halogens is 1. The summed E-state index contributed by atoms with van der Waals surface area (Å²) in [6, 6.07) is 3.96. The highest BCUT2D eigenvalue weighted by atomic mass is 19.1. The molecule has 1 fully saturated rings. The van der Waals surface area contributed by atoms with Crippen molar-refractivity contribution in [3.8, 4) is 0 Å². The molecular weight excluding hydrogens is 259 g/mol. The van der Waals surface area contributed by atoms with Gasteiger partial charge < -0.3 is 5.32 Å². The van der Waals surface area contributed by atoms with Crippen molar-refractivity contribution in [1.82, 2.24) is 0 Å². The molecule has 1 aromatic carbocycles. The van der Waals surface area contributed by atoms with Crippen molar-refractivity contribution in [1.29, 1.82) is 0 Å². The van der Waals surface area contributed by atoms with E-state index in [0.29, 0.717) is 11.6 Å². The lowest BCUT2D eigenvalue weighted by Crippen LogP contribution is -2.30. The Morgan fingerprint density at radius 3 is 2.65 bits per heavy atom. The fourth-order valence-electron chi connectivity index (χ4n) is 3.07. The van der Waals surface area contributed by atoms with Gasteiger partial charge in [-0.05, 0) is 31.2 Å². The van der Waals surface area contributed by atoms with E-state index in [-0.39, 0.29) is 11.7 Å². The van der Waals surface area contributed by atoms with Crippen LogP contribution in [0.2, 0.25) is 0 Å². The molecular formula is C15H21FN2O2. The van der Waals surface area contributed by atoms with Crippen molar-refractivity contribution in [3.63, 3.8) is 0 Å². The van der Waals surface area contributed by atoms with Crippen molar-refractivity contribution >= 4 is 11.4 Å². The Morgan fingerprint density at radius 1 is 1.35 bits per heavy atom. The van der Waals surface area contributed by atoms with Crippen LogP contribution in [0, 0.1) is 21.8 Å². The first kappa shape index (κ1) is 14.8. The van der Waals surface area contributed by atoms with Gasteiger partial charge in [0, 0.05) is 17.8 Å².